The molecule has 0 radical (unpaired) electrons. The van der Waals surface area contributed by atoms with Crippen molar-refractivity contribution in [3.05, 3.63) is 40.9 Å². The van der Waals surface area contributed by atoms with Crippen LogP contribution in [-0.2, 0) is 0 Å². The van der Waals surface area contributed by atoms with Gasteiger partial charge in [-0.2, -0.15) is 0 Å². The Morgan fingerprint density at radius 1 is 1.47 bits per heavy atom. The van der Waals surface area contributed by atoms with E-state index in [1.165, 1.54) is 5.56 Å². The number of rotatable bonds is 7. The van der Waals surface area contributed by atoms with E-state index in [1.807, 2.05) is 18.2 Å². The number of nitrogens with one attached hydrogen (secondary N) is 1. The molecule has 0 saturated heterocycles. The quantitative estimate of drug-likeness (QED) is 0.612. The van der Waals surface area contributed by atoms with E-state index in [9.17, 15) is 0 Å². The molecule has 1 aromatic rings. The normalized spacial score (nSPS) is 10.6. The first-order valence-electron chi connectivity index (χ1n) is 5.89. The number of hydrogen-bond acceptors (Lipinski definition) is 2. The number of benzene rings is 1. The maximum atomic E-state index is 5.78. The Morgan fingerprint density at radius 2 is 2.24 bits per heavy atom. The molecule has 0 bridgehead atoms. The lowest BCUT2D eigenvalue weighted by Crippen LogP contribution is -2.21. The Morgan fingerprint density at radius 3 is 2.88 bits per heavy atom. The molecule has 0 aromatic heterocycles. The van der Waals surface area contributed by atoms with Crippen molar-refractivity contribution in [1.29, 1.82) is 0 Å². The molecular formula is C14H20BrNO. The third-order valence-electron chi connectivity index (χ3n) is 2.42. The van der Waals surface area contributed by atoms with E-state index < -0.39 is 0 Å². The van der Waals surface area contributed by atoms with Crippen molar-refractivity contribution < 1.29 is 4.74 Å². The maximum Gasteiger partial charge on any atom is 0.122 e. The van der Waals surface area contributed by atoms with Crippen LogP contribution in [0.2, 0.25) is 0 Å². The van der Waals surface area contributed by atoms with Crippen molar-refractivity contribution in [2.75, 3.05) is 19.7 Å². The van der Waals surface area contributed by atoms with Crippen LogP contribution in [0.4, 0.5) is 0 Å². The largest absolute Gasteiger partial charge is 0.492 e. The lowest BCUT2D eigenvalue weighted by Gasteiger charge is -2.14. The summed E-state index contributed by atoms with van der Waals surface area (Å²) in [4.78, 5) is 0. The van der Waals surface area contributed by atoms with Gasteiger partial charge in [-0.15, -0.1) is 6.58 Å². The van der Waals surface area contributed by atoms with E-state index >= 15 is 0 Å². The Kier molecular flexibility index (Phi) is 6.30. The van der Waals surface area contributed by atoms with E-state index in [2.05, 4.69) is 47.7 Å². The summed E-state index contributed by atoms with van der Waals surface area (Å²) >= 11 is 3.49. The van der Waals surface area contributed by atoms with Gasteiger partial charge in [0.2, 0.25) is 0 Å². The molecule has 0 saturated carbocycles. The van der Waals surface area contributed by atoms with Gasteiger partial charge in [0, 0.05) is 17.6 Å². The molecule has 2 nitrogen and oxygen atoms in total. The standard InChI is InChI=1S/C14H20BrNO/c1-4-7-16-8-9-17-14-6-5-12(15)10-13(14)11(2)3/h4-6,10-11,16H,1,7-9H2,2-3H3. The van der Waals surface area contributed by atoms with E-state index in [4.69, 9.17) is 4.74 Å². The molecule has 94 valence electrons. The summed E-state index contributed by atoms with van der Waals surface area (Å²) < 4.78 is 6.88. The van der Waals surface area contributed by atoms with Gasteiger partial charge in [-0.25, -0.2) is 0 Å². The van der Waals surface area contributed by atoms with Gasteiger partial charge in [0.25, 0.3) is 0 Å². The lowest BCUT2D eigenvalue weighted by molar-refractivity contribution is 0.312. The lowest BCUT2D eigenvalue weighted by atomic mass is 10.0. The summed E-state index contributed by atoms with van der Waals surface area (Å²) in [5, 5.41) is 3.21. The smallest absolute Gasteiger partial charge is 0.122 e. The van der Waals surface area contributed by atoms with Crippen molar-refractivity contribution in [2.24, 2.45) is 0 Å². The van der Waals surface area contributed by atoms with Crippen LogP contribution in [0.3, 0.4) is 0 Å². The van der Waals surface area contributed by atoms with Crippen LogP contribution in [0.5, 0.6) is 5.75 Å². The topological polar surface area (TPSA) is 21.3 Å². The fraction of sp³-hybridized carbons (Fsp3) is 0.429. The third-order valence-corrected chi connectivity index (χ3v) is 2.91. The molecule has 1 N–H and O–H groups in total. The highest BCUT2D eigenvalue weighted by molar-refractivity contribution is 9.10. The monoisotopic (exact) mass is 297 g/mol. The fourth-order valence-corrected chi connectivity index (χ4v) is 1.92. The van der Waals surface area contributed by atoms with Gasteiger partial charge in [0.05, 0.1) is 0 Å². The predicted octanol–water partition coefficient (Wildman–Crippen LogP) is 3.73. The molecule has 0 aliphatic heterocycles. The van der Waals surface area contributed by atoms with Crippen LogP contribution in [0.1, 0.15) is 25.3 Å². The minimum Gasteiger partial charge on any atom is -0.492 e. The molecule has 0 amide bonds. The minimum absolute atomic E-state index is 0.462. The molecule has 17 heavy (non-hydrogen) atoms. The highest BCUT2D eigenvalue weighted by Crippen LogP contribution is 2.29. The molecule has 0 unspecified atom stereocenters. The second-order valence-corrected chi connectivity index (χ2v) is 5.09. The SMILES string of the molecule is C=CCNCCOc1ccc(Br)cc1C(C)C. The van der Waals surface area contributed by atoms with Crippen LogP contribution < -0.4 is 10.1 Å². The van der Waals surface area contributed by atoms with Gasteiger partial charge < -0.3 is 10.1 Å². The van der Waals surface area contributed by atoms with E-state index in [-0.39, 0.29) is 0 Å². The molecule has 0 atom stereocenters. The summed E-state index contributed by atoms with van der Waals surface area (Å²) in [7, 11) is 0. The maximum absolute atomic E-state index is 5.78. The van der Waals surface area contributed by atoms with Crippen LogP contribution in [0.15, 0.2) is 35.3 Å². The Bertz CT molecular complexity index is 363. The highest BCUT2D eigenvalue weighted by Gasteiger charge is 2.08. The fourth-order valence-electron chi connectivity index (χ4n) is 1.54. The summed E-state index contributed by atoms with van der Waals surface area (Å²) in [5.74, 6) is 1.44. The van der Waals surface area contributed by atoms with Gasteiger partial charge in [-0.05, 0) is 29.7 Å². The minimum atomic E-state index is 0.462. The van der Waals surface area contributed by atoms with Crippen LogP contribution >= 0.6 is 15.9 Å². The van der Waals surface area contributed by atoms with Crippen molar-refractivity contribution >= 4 is 15.9 Å². The second kappa shape index (κ2) is 7.51. The van der Waals surface area contributed by atoms with Crippen molar-refractivity contribution in [2.45, 2.75) is 19.8 Å². The van der Waals surface area contributed by atoms with Crippen LogP contribution in [0.25, 0.3) is 0 Å². The molecule has 0 heterocycles. The Balaban J connectivity index is 2.54. The first kappa shape index (κ1) is 14.3. The van der Waals surface area contributed by atoms with E-state index in [1.54, 1.807) is 0 Å². The van der Waals surface area contributed by atoms with E-state index in [0.717, 1.165) is 23.3 Å². The van der Waals surface area contributed by atoms with Gasteiger partial charge >= 0.3 is 0 Å². The zero-order chi connectivity index (χ0) is 12.7. The highest BCUT2D eigenvalue weighted by atomic mass is 79.9. The van der Waals surface area contributed by atoms with Crippen molar-refractivity contribution in [3.63, 3.8) is 0 Å². The average Bonchev–Trinajstić information content (AvgIpc) is 2.30. The molecule has 3 heteroatoms. The Hall–Kier alpha value is -0.800. The second-order valence-electron chi connectivity index (χ2n) is 4.18. The Labute approximate surface area is 112 Å². The van der Waals surface area contributed by atoms with Gasteiger partial charge in [0.15, 0.2) is 0 Å². The summed E-state index contributed by atoms with van der Waals surface area (Å²) in [5.41, 5.74) is 1.24. The third kappa shape index (κ3) is 4.92. The first-order valence-corrected chi connectivity index (χ1v) is 6.68. The molecule has 0 spiro atoms. The molecule has 1 rings (SSSR count). The molecule has 1 aromatic carbocycles. The predicted molar refractivity (Wildman–Crippen MR) is 76.8 cm³/mol. The molecule has 0 aliphatic carbocycles. The van der Waals surface area contributed by atoms with E-state index in [0.29, 0.717) is 12.5 Å². The number of ether oxygens (including phenoxy) is 1. The first-order chi connectivity index (χ1) is 8.15. The van der Waals surface area contributed by atoms with Crippen molar-refractivity contribution in [1.82, 2.24) is 5.32 Å². The van der Waals surface area contributed by atoms with Gasteiger partial charge in [-0.1, -0.05) is 35.9 Å². The zero-order valence-corrected chi connectivity index (χ0v) is 12.1. The number of halogens is 1. The summed E-state index contributed by atoms with van der Waals surface area (Å²) in [6, 6.07) is 6.16. The number of hydrogen-bond donors (Lipinski definition) is 1. The summed E-state index contributed by atoms with van der Waals surface area (Å²) in [6.07, 6.45) is 1.85. The zero-order valence-electron chi connectivity index (χ0n) is 10.5. The van der Waals surface area contributed by atoms with Crippen LogP contribution in [-0.4, -0.2) is 19.7 Å². The van der Waals surface area contributed by atoms with Crippen LogP contribution in [0, 0.1) is 0 Å². The summed E-state index contributed by atoms with van der Waals surface area (Å²) in [6.45, 7) is 10.3. The molecular weight excluding hydrogens is 278 g/mol. The molecule has 0 aliphatic rings. The molecule has 0 fully saturated rings. The van der Waals surface area contributed by atoms with Gasteiger partial charge in [-0.3, -0.25) is 0 Å². The van der Waals surface area contributed by atoms with Crippen molar-refractivity contribution in [3.8, 4) is 5.75 Å². The average molecular weight is 298 g/mol. The van der Waals surface area contributed by atoms with Gasteiger partial charge in [0.1, 0.15) is 12.4 Å².